The second-order valence-corrected chi connectivity index (χ2v) is 22.1. The highest BCUT2D eigenvalue weighted by molar-refractivity contribution is 5.93. The molecule has 8 heterocycles. The first-order valence-electron chi connectivity index (χ1n) is 29.9. The number of pyridine rings is 6. The molecule has 1 amide bonds. The lowest BCUT2D eigenvalue weighted by molar-refractivity contribution is -0.148. The minimum Gasteiger partial charge on any atom is -0.494 e. The van der Waals surface area contributed by atoms with Crippen LogP contribution in [-0.2, 0) is 79.7 Å². The summed E-state index contributed by atoms with van der Waals surface area (Å²) in [5.41, 5.74) is 12.5. The van der Waals surface area contributed by atoms with Gasteiger partial charge in [-0.1, -0.05) is 70.7 Å². The van der Waals surface area contributed by atoms with E-state index in [2.05, 4.69) is 79.1 Å². The van der Waals surface area contributed by atoms with E-state index in [4.69, 9.17) is 19.2 Å². The van der Waals surface area contributed by atoms with Crippen molar-refractivity contribution in [3.8, 4) is 22.9 Å². The monoisotopic (exact) mass is 1170 g/mol. The maximum Gasteiger partial charge on any atom is 0.343 e. The Morgan fingerprint density at radius 2 is 1.23 bits per heavy atom. The van der Waals surface area contributed by atoms with Gasteiger partial charge in [-0.2, -0.15) is 0 Å². The Morgan fingerprint density at radius 3 is 1.77 bits per heavy atom. The standard InChI is InChI=1S/C70H71N9O7.CH4/c1-4-17-66(80)78(41-48-22-24-51(25-23-48)69(82)86-56-26-27-64-61(37-56)58(5-2)62-46-79-65(67(62)75-64)38-60-59(6-3)70(83)85-47-63(60)68(79)81)32-15-16-33-84-57-35-49(39-76(42-52-18-7-11-28-71-52)43-53-19-8-12-29-72-53)34-50(36-57)40-77(44-54-20-9-13-30-73-54)45-55-21-10-14-31-74-55;/h7-14,18-31,34-38,59H,4-6,15-17,32-33,39-47H2,1-3H3;1H4. The third kappa shape index (κ3) is 14.9. The predicted octanol–water partition coefficient (Wildman–Crippen LogP) is 12.4. The van der Waals surface area contributed by atoms with Crippen molar-refractivity contribution in [3.05, 3.63) is 242 Å². The number of hydrogen-bond donors (Lipinski definition) is 0. The molecule has 1 atom stereocenters. The molecular weight excluding hydrogens is 1090 g/mol. The Kier molecular flexibility index (Phi) is 20.1. The number of fused-ring (bicyclic) bond motifs is 5. The number of esters is 2. The number of cyclic esters (lactones) is 1. The van der Waals surface area contributed by atoms with Gasteiger partial charge in [-0.3, -0.25) is 44.1 Å². The van der Waals surface area contributed by atoms with E-state index in [1.165, 1.54) is 0 Å². The van der Waals surface area contributed by atoms with Crippen LogP contribution in [0.4, 0.5) is 0 Å². The number of nitrogens with zero attached hydrogens (tertiary/aromatic N) is 9. The lowest BCUT2D eigenvalue weighted by Gasteiger charge is -2.25. The zero-order chi connectivity index (χ0) is 59.4. The molecule has 0 aliphatic carbocycles. The molecular formula is C71H75N9O7. The minimum atomic E-state index is -0.510. The van der Waals surface area contributed by atoms with Gasteiger partial charge in [-0.05, 0) is 157 Å². The number of amides is 1. The number of ether oxygens (including phenoxy) is 3. The molecule has 87 heavy (non-hydrogen) atoms. The fourth-order valence-electron chi connectivity index (χ4n) is 11.8. The van der Waals surface area contributed by atoms with E-state index in [0.29, 0.717) is 113 Å². The average molecular weight is 1170 g/mol. The van der Waals surface area contributed by atoms with E-state index < -0.39 is 11.9 Å². The molecule has 2 aliphatic heterocycles. The molecule has 16 nitrogen and oxygen atoms in total. The molecule has 3 aromatic carbocycles. The number of aromatic nitrogens is 6. The molecule has 9 aromatic rings. The van der Waals surface area contributed by atoms with Crippen LogP contribution in [0.3, 0.4) is 0 Å². The zero-order valence-corrected chi connectivity index (χ0v) is 49.1. The Balaban J connectivity index is 0.00000838. The summed E-state index contributed by atoms with van der Waals surface area (Å²) in [5.74, 6) is -0.0851. The van der Waals surface area contributed by atoms with Crippen molar-refractivity contribution in [2.75, 3.05) is 13.2 Å². The van der Waals surface area contributed by atoms with Gasteiger partial charge in [0, 0.05) is 94.5 Å². The fourth-order valence-corrected chi connectivity index (χ4v) is 11.8. The summed E-state index contributed by atoms with van der Waals surface area (Å²) in [4.78, 5) is 84.2. The van der Waals surface area contributed by atoms with Crippen molar-refractivity contribution < 1.29 is 28.6 Å². The normalized spacial score (nSPS) is 13.2. The molecule has 1 unspecified atom stereocenters. The largest absolute Gasteiger partial charge is 0.494 e. The highest BCUT2D eigenvalue weighted by atomic mass is 16.5. The van der Waals surface area contributed by atoms with E-state index in [9.17, 15) is 19.2 Å². The molecule has 0 saturated carbocycles. The minimum absolute atomic E-state index is 0. The van der Waals surface area contributed by atoms with Crippen LogP contribution in [0, 0.1) is 0 Å². The fraction of sp³-hybridized carbons (Fsp3) is 0.310. The number of benzene rings is 3. The maximum absolute atomic E-state index is 13.8. The first kappa shape index (κ1) is 60.9. The third-order valence-electron chi connectivity index (χ3n) is 15.9. The summed E-state index contributed by atoms with van der Waals surface area (Å²) >= 11 is 0. The Hall–Kier alpha value is -9.25. The van der Waals surface area contributed by atoms with Crippen molar-refractivity contribution in [1.29, 1.82) is 0 Å². The van der Waals surface area contributed by atoms with E-state index in [0.717, 1.165) is 92.2 Å². The average Bonchev–Trinajstić information content (AvgIpc) is 1.66. The van der Waals surface area contributed by atoms with Gasteiger partial charge in [-0.15, -0.1) is 0 Å². The number of hydrogen-bond acceptors (Lipinski definition) is 14. The van der Waals surface area contributed by atoms with Crippen LogP contribution >= 0.6 is 0 Å². The Labute approximate surface area is 508 Å². The summed E-state index contributed by atoms with van der Waals surface area (Å²) < 4.78 is 19.8. The number of carbonyl (C=O) groups is 3. The van der Waals surface area contributed by atoms with Crippen LogP contribution in [0.2, 0.25) is 0 Å². The third-order valence-corrected chi connectivity index (χ3v) is 15.9. The summed E-state index contributed by atoms with van der Waals surface area (Å²) in [7, 11) is 0. The van der Waals surface area contributed by atoms with Gasteiger partial charge in [0.1, 0.15) is 18.1 Å². The highest BCUT2D eigenvalue weighted by Crippen LogP contribution is 2.40. The summed E-state index contributed by atoms with van der Waals surface area (Å²) in [6.07, 6.45) is 11.1. The molecule has 0 saturated heterocycles. The summed E-state index contributed by atoms with van der Waals surface area (Å²) in [6, 6.07) is 45.2. The second kappa shape index (κ2) is 28.8. The molecule has 16 heteroatoms. The number of rotatable bonds is 26. The van der Waals surface area contributed by atoms with Crippen molar-refractivity contribution in [2.45, 2.75) is 132 Å². The number of carbonyl (C=O) groups excluding carboxylic acids is 3. The summed E-state index contributed by atoms with van der Waals surface area (Å²) in [6.45, 7) is 11.5. The quantitative estimate of drug-likeness (QED) is 0.0284. The van der Waals surface area contributed by atoms with Gasteiger partial charge >= 0.3 is 11.9 Å². The van der Waals surface area contributed by atoms with Crippen LogP contribution in [0.1, 0.15) is 138 Å². The zero-order valence-electron chi connectivity index (χ0n) is 49.1. The smallest absolute Gasteiger partial charge is 0.343 e. The first-order valence-corrected chi connectivity index (χ1v) is 29.9. The van der Waals surface area contributed by atoms with Crippen LogP contribution in [0.5, 0.6) is 11.5 Å². The topological polar surface area (TPSA) is 175 Å². The lowest BCUT2D eigenvalue weighted by atomic mass is 9.90. The molecule has 0 spiro atoms. The van der Waals surface area contributed by atoms with Crippen molar-refractivity contribution >= 4 is 28.7 Å². The maximum atomic E-state index is 13.8. The molecule has 0 radical (unpaired) electrons. The Bertz CT molecular complexity index is 3700. The van der Waals surface area contributed by atoms with E-state index in [1.54, 1.807) is 22.8 Å². The van der Waals surface area contributed by atoms with E-state index in [-0.39, 0.29) is 31.5 Å². The SMILES string of the molecule is C.CCCC(=O)N(CCCCOc1cc(CN(Cc2ccccn2)Cc2ccccn2)cc(CN(Cc2ccccn2)Cc2ccccn2)c1)Cc1ccc(C(=O)Oc2ccc3nc4c(c(CC)c3c2)Cn2c-4cc3c(c2=O)COC(=O)C3CC)cc1. The predicted molar refractivity (Wildman–Crippen MR) is 335 cm³/mol. The molecule has 6 aromatic heterocycles. The highest BCUT2D eigenvalue weighted by Gasteiger charge is 2.35. The van der Waals surface area contributed by atoms with Crippen molar-refractivity contribution in [1.82, 2.24) is 44.2 Å². The second-order valence-electron chi connectivity index (χ2n) is 22.1. The van der Waals surface area contributed by atoms with E-state index in [1.807, 2.05) is 122 Å². The van der Waals surface area contributed by atoms with E-state index >= 15 is 0 Å². The lowest BCUT2D eigenvalue weighted by Crippen LogP contribution is -2.32. The number of aryl methyl sites for hydroxylation is 1. The summed E-state index contributed by atoms with van der Waals surface area (Å²) in [5, 5.41) is 0.842. The van der Waals surface area contributed by atoms with Crippen molar-refractivity contribution in [3.63, 3.8) is 0 Å². The van der Waals surface area contributed by atoms with Gasteiger partial charge < -0.3 is 23.7 Å². The molecule has 11 rings (SSSR count). The molecule has 2 aliphatic rings. The van der Waals surface area contributed by atoms with Gasteiger partial charge in [0.15, 0.2) is 0 Å². The van der Waals surface area contributed by atoms with Crippen LogP contribution in [0.15, 0.2) is 169 Å². The van der Waals surface area contributed by atoms with Crippen LogP contribution < -0.4 is 15.0 Å². The van der Waals surface area contributed by atoms with Gasteiger partial charge in [0.25, 0.3) is 5.56 Å². The van der Waals surface area contributed by atoms with Gasteiger partial charge in [0.05, 0.1) is 69.9 Å². The Morgan fingerprint density at radius 1 is 0.632 bits per heavy atom. The van der Waals surface area contributed by atoms with Crippen LogP contribution in [0.25, 0.3) is 22.3 Å². The van der Waals surface area contributed by atoms with Crippen molar-refractivity contribution in [2.24, 2.45) is 0 Å². The van der Waals surface area contributed by atoms with Crippen LogP contribution in [-0.4, -0.2) is 75.2 Å². The molecule has 446 valence electrons. The van der Waals surface area contributed by atoms with Gasteiger partial charge in [-0.25, -0.2) is 9.78 Å². The molecule has 0 N–H and O–H groups in total. The number of unbranched alkanes of at least 4 members (excludes halogenated alkanes) is 1. The molecule has 0 bridgehead atoms. The first-order chi connectivity index (χ1) is 42.1. The molecule has 0 fully saturated rings. The van der Waals surface area contributed by atoms with Gasteiger partial charge in [0.2, 0.25) is 5.91 Å².